The number of rotatable bonds is 4. The topological polar surface area (TPSA) is 42.6 Å². The predicted octanol–water partition coefficient (Wildman–Crippen LogP) is 2.11. The Morgan fingerprint density at radius 2 is 1.66 bits per heavy atom. The number of hydrogen-bond acceptors (Lipinski definition) is 5. The fourth-order valence-electron chi connectivity index (χ4n) is 5.83. The van der Waals surface area contributed by atoms with Crippen molar-refractivity contribution in [2.24, 2.45) is 17.8 Å². The van der Waals surface area contributed by atoms with Gasteiger partial charge < -0.3 is 10.2 Å². The molecule has 4 unspecified atom stereocenters. The summed E-state index contributed by atoms with van der Waals surface area (Å²) >= 11 is 0. The van der Waals surface area contributed by atoms with Gasteiger partial charge in [-0.3, -0.25) is 15.8 Å². The van der Waals surface area contributed by atoms with E-state index in [1.807, 2.05) is 4.90 Å². The first kappa shape index (κ1) is 21.7. The molecule has 0 radical (unpaired) electrons. The van der Waals surface area contributed by atoms with E-state index < -0.39 is 24.4 Å². The first-order valence-electron chi connectivity index (χ1n) is 11.3. The summed E-state index contributed by atoms with van der Waals surface area (Å²) in [6, 6.07) is 0.371. The van der Waals surface area contributed by atoms with Crippen LogP contribution in [0.1, 0.15) is 38.5 Å². The normalized spacial score (nSPS) is 41.0. The molecule has 0 amide bonds. The van der Waals surface area contributed by atoms with Crippen LogP contribution >= 0.6 is 0 Å². The van der Waals surface area contributed by atoms with Crippen LogP contribution < -0.4 is 16.2 Å². The van der Waals surface area contributed by atoms with Crippen LogP contribution in [-0.4, -0.2) is 80.2 Å². The number of piperidine rings is 1. The zero-order valence-corrected chi connectivity index (χ0v) is 17.1. The summed E-state index contributed by atoms with van der Waals surface area (Å²) in [5.74, 6) is -0.276. The SMILES string of the molecule is FC1CCC(C2NNCC2CN2CCN(C3NCCCC3C(F)(F)F)CC2)CC1. The summed E-state index contributed by atoms with van der Waals surface area (Å²) in [4.78, 5) is 4.40. The van der Waals surface area contributed by atoms with E-state index in [4.69, 9.17) is 0 Å². The van der Waals surface area contributed by atoms with Gasteiger partial charge in [0.2, 0.25) is 0 Å². The molecule has 4 rings (SSSR count). The molecule has 3 N–H and O–H groups in total. The fraction of sp³-hybridized carbons (Fsp3) is 1.00. The minimum atomic E-state index is -4.14. The van der Waals surface area contributed by atoms with Gasteiger partial charge in [-0.05, 0) is 51.0 Å². The van der Waals surface area contributed by atoms with Crippen LogP contribution in [0, 0.1) is 17.8 Å². The molecule has 5 nitrogen and oxygen atoms in total. The standard InChI is InChI=1S/C20H35F4N5/c21-16-5-3-14(4-6-16)18-15(12-26-27-18)13-28-8-10-29(11-9-28)19-17(20(22,23)24)2-1-7-25-19/h14-19,25-27H,1-13H2. The molecule has 4 atom stereocenters. The van der Waals surface area contributed by atoms with E-state index in [0.717, 1.165) is 39.0 Å². The highest BCUT2D eigenvalue weighted by atomic mass is 19.4. The van der Waals surface area contributed by atoms with Gasteiger partial charge in [-0.1, -0.05) is 0 Å². The predicted molar refractivity (Wildman–Crippen MR) is 104 cm³/mol. The molecule has 3 heterocycles. The van der Waals surface area contributed by atoms with Gasteiger partial charge in [-0.2, -0.15) is 13.2 Å². The molecule has 0 aromatic rings. The molecule has 4 aliphatic rings. The Hall–Kier alpha value is -0.480. The number of piperazine rings is 1. The lowest BCUT2D eigenvalue weighted by Gasteiger charge is -2.45. The number of hydrogen-bond donors (Lipinski definition) is 3. The molecule has 0 aromatic heterocycles. The molecular formula is C20H35F4N5. The van der Waals surface area contributed by atoms with Crippen molar-refractivity contribution >= 4 is 0 Å². The van der Waals surface area contributed by atoms with Crippen molar-refractivity contribution in [3.63, 3.8) is 0 Å². The molecule has 4 fully saturated rings. The summed E-state index contributed by atoms with van der Waals surface area (Å²) in [6.45, 7) is 5.49. The molecule has 9 heteroatoms. The zero-order chi connectivity index (χ0) is 20.4. The molecule has 0 bridgehead atoms. The molecule has 168 valence electrons. The lowest BCUT2D eigenvalue weighted by molar-refractivity contribution is -0.203. The Kier molecular flexibility index (Phi) is 7.00. The lowest BCUT2D eigenvalue weighted by Crippen LogP contribution is -2.61. The third-order valence-corrected chi connectivity index (χ3v) is 7.49. The molecule has 1 aliphatic carbocycles. The van der Waals surface area contributed by atoms with Crippen molar-refractivity contribution in [3.05, 3.63) is 0 Å². The summed E-state index contributed by atoms with van der Waals surface area (Å²) in [6.07, 6.45) is -1.31. The van der Waals surface area contributed by atoms with Crippen LogP contribution in [0.2, 0.25) is 0 Å². The van der Waals surface area contributed by atoms with Crippen LogP contribution in [-0.2, 0) is 0 Å². The number of hydrazine groups is 1. The van der Waals surface area contributed by atoms with E-state index in [-0.39, 0.29) is 6.42 Å². The van der Waals surface area contributed by atoms with Gasteiger partial charge in [0.25, 0.3) is 0 Å². The van der Waals surface area contributed by atoms with Crippen LogP contribution in [0.15, 0.2) is 0 Å². The molecule has 29 heavy (non-hydrogen) atoms. The third kappa shape index (κ3) is 5.23. The van der Waals surface area contributed by atoms with Crippen molar-refractivity contribution < 1.29 is 17.6 Å². The number of nitrogens with zero attached hydrogens (tertiary/aromatic N) is 2. The molecule has 0 spiro atoms. The Morgan fingerprint density at radius 3 is 2.34 bits per heavy atom. The maximum absolute atomic E-state index is 13.5. The van der Waals surface area contributed by atoms with Crippen molar-refractivity contribution in [2.45, 2.75) is 63.1 Å². The van der Waals surface area contributed by atoms with E-state index in [0.29, 0.717) is 56.8 Å². The van der Waals surface area contributed by atoms with Crippen molar-refractivity contribution in [3.8, 4) is 0 Å². The molecular weight excluding hydrogens is 386 g/mol. The maximum Gasteiger partial charge on any atom is 0.394 e. The van der Waals surface area contributed by atoms with Crippen molar-refractivity contribution in [1.82, 2.24) is 26.0 Å². The monoisotopic (exact) mass is 421 g/mol. The maximum atomic E-state index is 13.5. The van der Waals surface area contributed by atoms with E-state index >= 15 is 0 Å². The summed E-state index contributed by atoms with van der Waals surface area (Å²) in [5.41, 5.74) is 6.71. The largest absolute Gasteiger partial charge is 0.394 e. The highest BCUT2D eigenvalue weighted by molar-refractivity contribution is 4.93. The average molecular weight is 422 g/mol. The second-order valence-electron chi connectivity index (χ2n) is 9.35. The minimum absolute atomic E-state index is 0.226. The van der Waals surface area contributed by atoms with Crippen LogP contribution in [0.3, 0.4) is 0 Å². The smallest absolute Gasteiger partial charge is 0.301 e. The van der Waals surface area contributed by atoms with E-state index in [9.17, 15) is 17.6 Å². The second kappa shape index (κ2) is 9.34. The molecule has 3 saturated heterocycles. The van der Waals surface area contributed by atoms with Crippen LogP contribution in [0.5, 0.6) is 0 Å². The van der Waals surface area contributed by atoms with Gasteiger partial charge >= 0.3 is 6.18 Å². The highest BCUT2D eigenvalue weighted by Gasteiger charge is 2.48. The van der Waals surface area contributed by atoms with Crippen molar-refractivity contribution in [1.29, 1.82) is 0 Å². The van der Waals surface area contributed by atoms with Gasteiger partial charge in [0, 0.05) is 51.2 Å². The zero-order valence-electron chi connectivity index (χ0n) is 17.1. The number of halogens is 4. The fourth-order valence-corrected chi connectivity index (χ4v) is 5.83. The highest BCUT2D eigenvalue weighted by Crippen LogP contribution is 2.36. The number of nitrogens with one attached hydrogen (secondary N) is 3. The third-order valence-electron chi connectivity index (χ3n) is 7.49. The molecule has 0 aromatic carbocycles. The minimum Gasteiger partial charge on any atom is -0.301 e. The van der Waals surface area contributed by atoms with Crippen LogP contribution in [0.25, 0.3) is 0 Å². The van der Waals surface area contributed by atoms with Gasteiger partial charge in [-0.25, -0.2) is 4.39 Å². The molecule has 1 saturated carbocycles. The van der Waals surface area contributed by atoms with Gasteiger partial charge in [-0.15, -0.1) is 0 Å². The van der Waals surface area contributed by atoms with Crippen LogP contribution in [0.4, 0.5) is 17.6 Å². The van der Waals surface area contributed by atoms with Crippen molar-refractivity contribution in [2.75, 3.05) is 45.8 Å². The Labute approximate surface area is 170 Å². The Bertz CT molecular complexity index is 517. The van der Waals surface area contributed by atoms with E-state index in [1.54, 1.807) is 0 Å². The first-order chi connectivity index (χ1) is 13.9. The van der Waals surface area contributed by atoms with Gasteiger partial charge in [0.15, 0.2) is 0 Å². The average Bonchev–Trinajstić information content (AvgIpc) is 3.17. The van der Waals surface area contributed by atoms with Gasteiger partial charge in [0.05, 0.1) is 12.1 Å². The Morgan fingerprint density at radius 1 is 0.931 bits per heavy atom. The van der Waals surface area contributed by atoms with E-state index in [1.165, 1.54) is 0 Å². The van der Waals surface area contributed by atoms with Gasteiger partial charge in [0.1, 0.15) is 6.17 Å². The summed E-state index contributed by atoms with van der Waals surface area (Å²) < 4.78 is 53.8. The molecule has 3 aliphatic heterocycles. The summed E-state index contributed by atoms with van der Waals surface area (Å²) in [5, 5.41) is 3.12. The second-order valence-corrected chi connectivity index (χ2v) is 9.35. The Balaban J connectivity index is 1.27. The first-order valence-corrected chi connectivity index (χ1v) is 11.3. The lowest BCUT2D eigenvalue weighted by atomic mass is 9.79. The quantitative estimate of drug-likeness (QED) is 0.607. The number of alkyl halides is 4. The summed E-state index contributed by atoms with van der Waals surface area (Å²) in [7, 11) is 0. The van der Waals surface area contributed by atoms with E-state index in [2.05, 4.69) is 21.1 Å².